The van der Waals surface area contributed by atoms with E-state index in [2.05, 4.69) is 0 Å². The molecule has 20 heavy (non-hydrogen) atoms. The lowest BCUT2D eigenvalue weighted by Gasteiger charge is -2.33. The Morgan fingerprint density at radius 1 is 1.35 bits per heavy atom. The van der Waals surface area contributed by atoms with E-state index >= 15 is 0 Å². The molecule has 6 heteroatoms. The number of rotatable bonds is 2. The Bertz CT molecular complexity index is 523. The van der Waals surface area contributed by atoms with Gasteiger partial charge in [0.15, 0.2) is 6.10 Å². The van der Waals surface area contributed by atoms with E-state index in [-0.39, 0.29) is 5.91 Å². The van der Waals surface area contributed by atoms with E-state index in [9.17, 15) is 14.7 Å². The molecule has 1 aromatic carbocycles. The highest BCUT2D eigenvalue weighted by Gasteiger charge is 2.38. The van der Waals surface area contributed by atoms with Gasteiger partial charge in [0, 0.05) is 24.5 Å². The van der Waals surface area contributed by atoms with Gasteiger partial charge in [-0.1, -0.05) is 18.2 Å². The monoisotopic (exact) mass is 293 g/mol. The molecule has 1 fully saturated rings. The fourth-order valence-corrected chi connectivity index (χ4v) is 3.62. The summed E-state index contributed by atoms with van der Waals surface area (Å²) in [5.41, 5.74) is 1.00. The molecular weight excluding hydrogens is 278 g/mol. The molecule has 0 saturated carbocycles. The van der Waals surface area contributed by atoms with Crippen molar-refractivity contribution in [3.05, 3.63) is 29.8 Å². The normalized spacial score (nSPS) is 24.9. The molecule has 2 aliphatic rings. The van der Waals surface area contributed by atoms with Crippen LogP contribution in [0.25, 0.3) is 0 Å². The van der Waals surface area contributed by atoms with Crippen molar-refractivity contribution in [2.75, 3.05) is 18.1 Å². The van der Waals surface area contributed by atoms with Crippen LogP contribution in [0.15, 0.2) is 24.3 Å². The number of aliphatic carboxylic acids is 1. The summed E-state index contributed by atoms with van der Waals surface area (Å²) in [7, 11) is 0. The van der Waals surface area contributed by atoms with Crippen LogP contribution >= 0.6 is 11.8 Å². The summed E-state index contributed by atoms with van der Waals surface area (Å²) in [6, 6.07) is 6.80. The highest BCUT2D eigenvalue weighted by Crippen LogP contribution is 2.30. The maximum absolute atomic E-state index is 12.5. The van der Waals surface area contributed by atoms with Crippen LogP contribution < -0.4 is 4.74 Å². The number of fused-ring (bicyclic) bond motifs is 1. The van der Waals surface area contributed by atoms with Gasteiger partial charge in [-0.25, -0.2) is 4.79 Å². The van der Waals surface area contributed by atoms with Gasteiger partial charge in [0.05, 0.1) is 0 Å². The maximum atomic E-state index is 12.5. The molecule has 1 saturated heterocycles. The summed E-state index contributed by atoms with van der Waals surface area (Å²) >= 11 is 1.57. The van der Waals surface area contributed by atoms with Gasteiger partial charge in [-0.2, -0.15) is 11.8 Å². The van der Waals surface area contributed by atoms with Crippen LogP contribution in [0.4, 0.5) is 0 Å². The van der Waals surface area contributed by atoms with E-state index in [4.69, 9.17) is 4.74 Å². The lowest BCUT2D eigenvalue weighted by molar-refractivity contribution is -0.152. The number of thioether (sulfide) groups is 1. The average Bonchev–Trinajstić information content (AvgIpc) is 2.90. The third kappa shape index (κ3) is 2.35. The van der Waals surface area contributed by atoms with Gasteiger partial charge >= 0.3 is 5.97 Å². The second-order valence-corrected chi connectivity index (χ2v) is 6.03. The minimum absolute atomic E-state index is 0.214. The van der Waals surface area contributed by atoms with Gasteiger partial charge < -0.3 is 14.7 Å². The first kappa shape index (κ1) is 13.3. The smallest absolute Gasteiger partial charge is 0.327 e. The van der Waals surface area contributed by atoms with Gasteiger partial charge in [0.25, 0.3) is 5.91 Å². The summed E-state index contributed by atoms with van der Waals surface area (Å²) in [5.74, 6) is 0.787. The van der Waals surface area contributed by atoms with Crippen molar-refractivity contribution < 1.29 is 19.4 Å². The summed E-state index contributed by atoms with van der Waals surface area (Å²) in [4.78, 5) is 25.2. The second-order valence-electron chi connectivity index (χ2n) is 4.88. The van der Waals surface area contributed by atoms with Crippen molar-refractivity contribution in [1.82, 2.24) is 4.90 Å². The summed E-state index contributed by atoms with van der Waals surface area (Å²) in [5, 5.41) is 9.23. The van der Waals surface area contributed by atoms with Crippen LogP contribution in [-0.4, -0.2) is 52.1 Å². The van der Waals surface area contributed by atoms with Crippen LogP contribution in [0.5, 0.6) is 5.75 Å². The minimum atomic E-state index is -0.943. The van der Waals surface area contributed by atoms with Crippen molar-refractivity contribution in [1.29, 1.82) is 0 Å². The molecule has 2 unspecified atom stereocenters. The molecule has 1 N–H and O–H groups in total. The molecule has 2 heterocycles. The number of hydrogen-bond acceptors (Lipinski definition) is 4. The zero-order valence-corrected chi connectivity index (χ0v) is 11.6. The predicted molar refractivity (Wildman–Crippen MR) is 75.0 cm³/mol. The van der Waals surface area contributed by atoms with Gasteiger partial charge in [0.2, 0.25) is 0 Å². The SMILES string of the molecule is O=C(O)C1CSCCN1C(=O)C1Cc2ccccc2O1. The molecule has 3 rings (SSSR count). The van der Waals surface area contributed by atoms with E-state index in [0.717, 1.165) is 17.1 Å². The molecule has 5 nitrogen and oxygen atoms in total. The molecule has 106 valence electrons. The molecule has 1 amide bonds. The standard InChI is InChI=1S/C14H15NO4S/c16-13(15-5-6-20-8-10(15)14(17)18)12-7-9-3-1-2-4-11(9)19-12/h1-4,10,12H,5-8H2,(H,17,18). The molecule has 2 aliphatic heterocycles. The van der Waals surface area contributed by atoms with Crippen LogP contribution in [0, 0.1) is 0 Å². The molecule has 0 bridgehead atoms. The molecule has 1 aromatic rings. The van der Waals surface area contributed by atoms with E-state index in [1.165, 1.54) is 4.90 Å². The molecular formula is C14H15NO4S. The number of carboxylic acid groups (broad SMARTS) is 1. The third-order valence-electron chi connectivity index (χ3n) is 3.62. The quantitative estimate of drug-likeness (QED) is 0.882. The van der Waals surface area contributed by atoms with Crippen molar-refractivity contribution in [2.45, 2.75) is 18.6 Å². The summed E-state index contributed by atoms with van der Waals surface area (Å²) < 4.78 is 5.66. The van der Waals surface area contributed by atoms with Crippen molar-refractivity contribution >= 4 is 23.6 Å². The lowest BCUT2D eigenvalue weighted by atomic mass is 10.1. The van der Waals surface area contributed by atoms with Gasteiger partial charge in [-0.3, -0.25) is 4.79 Å². The number of hydrogen-bond donors (Lipinski definition) is 1. The summed E-state index contributed by atoms with van der Waals surface area (Å²) in [6.45, 7) is 0.469. The third-order valence-corrected chi connectivity index (χ3v) is 4.64. The van der Waals surface area contributed by atoms with E-state index < -0.39 is 18.1 Å². The number of carboxylic acids is 1. The number of benzene rings is 1. The molecule has 0 aromatic heterocycles. The van der Waals surface area contributed by atoms with E-state index in [1.54, 1.807) is 11.8 Å². The lowest BCUT2D eigenvalue weighted by Crippen LogP contribution is -2.54. The van der Waals surface area contributed by atoms with Crippen LogP contribution in [-0.2, 0) is 16.0 Å². The highest BCUT2D eigenvalue weighted by atomic mass is 32.2. The first-order valence-electron chi connectivity index (χ1n) is 6.52. The van der Waals surface area contributed by atoms with Crippen molar-refractivity contribution in [3.8, 4) is 5.75 Å². The Morgan fingerprint density at radius 2 is 2.15 bits per heavy atom. The topological polar surface area (TPSA) is 66.8 Å². The van der Waals surface area contributed by atoms with E-state index in [0.29, 0.717) is 18.7 Å². The van der Waals surface area contributed by atoms with Crippen molar-refractivity contribution in [3.63, 3.8) is 0 Å². The van der Waals surface area contributed by atoms with Crippen LogP contribution in [0.1, 0.15) is 5.56 Å². The van der Waals surface area contributed by atoms with E-state index in [1.807, 2.05) is 24.3 Å². The summed E-state index contributed by atoms with van der Waals surface area (Å²) in [6.07, 6.45) is -0.0669. The number of carbonyl (C=O) groups excluding carboxylic acids is 1. The van der Waals surface area contributed by atoms with Crippen LogP contribution in [0.3, 0.4) is 0 Å². The average molecular weight is 293 g/mol. The number of nitrogens with zero attached hydrogens (tertiary/aromatic N) is 1. The second kappa shape index (κ2) is 5.36. The minimum Gasteiger partial charge on any atom is -0.480 e. The van der Waals surface area contributed by atoms with Gasteiger partial charge in [-0.15, -0.1) is 0 Å². The fourth-order valence-electron chi connectivity index (χ4n) is 2.58. The van der Waals surface area contributed by atoms with Crippen LogP contribution in [0.2, 0.25) is 0 Å². The largest absolute Gasteiger partial charge is 0.480 e. The first-order chi connectivity index (χ1) is 9.66. The zero-order valence-electron chi connectivity index (χ0n) is 10.8. The van der Waals surface area contributed by atoms with Gasteiger partial charge in [-0.05, 0) is 11.6 Å². The Kier molecular flexibility index (Phi) is 3.56. The molecule has 2 atom stereocenters. The Morgan fingerprint density at radius 3 is 2.90 bits per heavy atom. The number of carbonyl (C=O) groups is 2. The van der Waals surface area contributed by atoms with Crippen molar-refractivity contribution in [2.24, 2.45) is 0 Å². The Labute approximate surface area is 120 Å². The molecule has 0 radical (unpaired) electrons. The fraction of sp³-hybridized carbons (Fsp3) is 0.429. The molecule has 0 aliphatic carbocycles. The predicted octanol–water partition coefficient (Wildman–Crippen LogP) is 1.02. The maximum Gasteiger partial charge on any atom is 0.327 e. The number of amides is 1. The zero-order chi connectivity index (χ0) is 14.1. The molecule has 0 spiro atoms. The Balaban J connectivity index is 1.75. The Hall–Kier alpha value is -1.69. The highest BCUT2D eigenvalue weighted by molar-refractivity contribution is 7.99. The number of para-hydroxylation sites is 1. The number of ether oxygens (including phenoxy) is 1. The van der Waals surface area contributed by atoms with Gasteiger partial charge in [0.1, 0.15) is 11.8 Å². The first-order valence-corrected chi connectivity index (χ1v) is 7.68.